The van der Waals surface area contributed by atoms with Crippen LogP contribution in [0, 0.1) is 6.92 Å². The topological polar surface area (TPSA) is 51.6 Å². The van der Waals surface area contributed by atoms with Crippen LogP contribution < -0.4 is 0 Å². The lowest BCUT2D eigenvalue weighted by molar-refractivity contribution is 0.497. The third-order valence-electron chi connectivity index (χ3n) is 4.31. The highest BCUT2D eigenvalue weighted by atomic mass is 15.1. The van der Waals surface area contributed by atoms with Gasteiger partial charge in [-0.2, -0.15) is 0 Å². The molecule has 2 heterocycles. The van der Waals surface area contributed by atoms with Crippen molar-refractivity contribution >= 4 is 0 Å². The smallest absolute Gasteiger partial charge is 0.163 e. The van der Waals surface area contributed by atoms with E-state index >= 15 is 0 Å². The summed E-state index contributed by atoms with van der Waals surface area (Å²) in [7, 11) is 0. The molecule has 0 bridgehead atoms. The number of pyridine rings is 1. The molecule has 2 aromatic heterocycles. The van der Waals surface area contributed by atoms with Crippen molar-refractivity contribution < 1.29 is 0 Å². The van der Waals surface area contributed by atoms with Gasteiger partial charge < -0.3 is 0 Å². The third kappa shape index (κ3) is 4.38. The van der Waals surface area contributed by atoms with E-state index in [1.807, 2.05) is 24.4 Å². The van der Waals surface area contributed by atoms with E-state index in [0.717, 1.165) is 28.5 Å². The molecule has 0 saturated heterocycles. The molecule has 0 N–H and O–H groups in total. The molecule has 0 aliphatic rings. The van der Waals surface area contributed by atoms with Gasteiger partial charge in [0.15, 0.2) is 5.82 Å². The molecule has 0 amide bonds. The van der Waals surface area contributed by atoms with Crippen LogP contribution in [0.2, 0.25) is 0 Å². The molecule has 0 fully saturated rings. The molecule has 0 unspecified atom stereocenters. The number of hydrogen-bond acceptors (Lipinski definition) is 4. The largest absolute Gasteiger partial charge is 0.256 e. The summed E-state index contributed by atoms with van der Waals surface area (Å²) in [4.78, 5) is 18.9. The second kappa shape index (κ2) is 6.84. The van der Waals surface area contributed by atoms with Crippen LogP contribution in [0.3, 0.4) is 0 Å². The Bertz CT molecular complexity index is 930. The molecule has 0 aliphatic carbocycles. The van der Waals surface area contributed by atoms with Crippen LogP contribution in [0.4, 0.5) is 0 Å². The van der Waals surface area contributed by atoms with E-state index in [4.69, 9.17) is 15.0 Å². The zero-order valence-electron chi connectivity index (χ0n) is 17.3. The van der Waals surface area contributed by atoms with Crippen molar-refractivity contribution in [2.45, 2.75) is 59.3 Å². The van der Waals surface area contributed by atoms with Gasteiger partial charge in [-0.3, -0.25) is 4.98 Å². The Morgan fingerprint density at radius 1 is 0.704 bits per heavy atom. The van der Waals surface area contributed by atoms with Crippen LogP contribution in [0.5, 0.6) is 0 Å². The number of aryl methyl sites for hydroxylation is 1. The minimum Gasteiger partial charge on any atom is -0.256 e. The monoisotopic (exact) mass is 360 g/mol. The summed E-state index contributed by atoms with van der Waals surface area (Å²) in [6, 6.07) is 12.4. The average Bonchev–Trinajstić information content (AvgIpc) is 2.60. The fourth-order valence-corrected chi connectivity index (χ4v) is 2.69. The molecule has 0 spiro atoms. The minimum absolute atomic E-state index is 0.145. The highest BCUT2D eigenvalue weighted by molar-refractivity contribution is 5.68. The lowest BCUT2D eigenvalue weighted by Gasteiger charge is -2.22. The van der Waals surface area contributed by atoms with E-state index < -0.39 is 0 Å². The zero-order chi connectivity index (χ0) is 19.8. The maximum absolute atomic E-state index is 4.80. The van der Waals surface area contributed by atoms with E-state index in [1.54, 1.807) is 0 Å². The van der Waals surface area contributed by atoms with Crippen molar-refractivity contribution in [2.75, 3.05) is 0 Å². The predicted octanol–water partition coefficient (Wildman–Crippen LogP) is 5.50. The van der Waals surface area contributed by atoms with E-state index in [2.05, 4.69) is 71.6 Å². The van der Waals surface area contributed by atoms with E-state index in [0.29, 0.717) is 5.82 Å². The van der Waals surface area contributed by atoms with Gasteiger partial charge in [-0.1, -0.05) is 59.7 Å². The van der Waals surface area contributed by atoms with E-state index in [9.17, 15) is 0 Å². The first kappa shape index (κ1) is 19.2. The van der Waals surface area contributed by atoms with Gasteiger partial charge in [0.1, 0.15) is 11.6 Å². The standard InChI is InChI=1S/C23H28N4/c1-15-11-12-24-18(13-15)16-9-8-10-17(14-16)19-25-20(22(2,3)4)27-21(26-19)23(5,6)7/h8-14H,1-7H3. The van der Waals surface area contributed by atoms with Gasteiger partial charge in [0, 0.05) is 28.2 Å². The van der Waals surface area contributed by atoms with Crippen molar-refractivity contribution in [3.8, 4) is 22.6 Å². The lowest BCUT2D eigenvalue weighted by atomic mass is 9.93. The van der Waals surface area contributed by atoms with Gasteiger partial charge in [0.2, 0.25) is 0 Å². The quantitative estimate of drug-likeness (QED) is 0.605. The Kier molecular flexibility index (Phi) is 4.85. The van der Waals surface area contributed by atoms with Crippen LogP contribution in [-0.2, 0) is 10.8 Å². The normalized spacial score (nSPS) is 12.3. The number of aromatic nitrogens is 4. The molecule has 27 heavy (non-hydrogen) atoms. The van der Waals surface area contributed by atoms with Crippen molar-refractivity contribution in [3.63, 3.8) is 0 Å². The Labute approximate surface area is 162 Å². The Morgan fingerprint density at radius 3 is 1.85 bits per heavy atom. The molecule has 1 aromatic carbocycles. The summed E-state index contributed by atoms with van der Waals surface area (Å²) in [5.74, 6) is 2.35. The fourth-order valence-electron chi connectivity index (χ4n) is 2.69. The van der Waals surface area contributed by atoms with Crippen LogP contribution in [0.25, 0.3) is 22.6 Å². The molecule has 0 saturated carbocycles. The predicted molar refractivity (Wildman–Crippen MR) is 111 cm³/mol. The Hall–Kier alpha value is -2.62. The van der Waals surface area contributed by atoms with Crippen molar-refractivity contribution in [3.05, 3.63) is 59.8 Å². The number of nitrogens with zero attached hydrogens (tertiary/aromatic N) is 4. The summed E-state index contributed by atoms with van der Waals surface area (Å²) in [6.07, 6.45) is 1.84. The van der Waals surface area contributed by atoms with Crippen LogP contribution in [-0.4, -0.2) is 19.9 Å². The molecule has 0 aliphatic heterocycles. The molecule has 4 heteroatoms. The molecular weight excluding hydrogens is 332 g/mol. The molecule has 3 aromatic rings. The van der Waals surface area contributed by atoms with Crippen LogP contribution in [0.15, 0.2) is 42.6 Å². The zero-order valence-corrected chi connectivity index (χ0v) is 17.3. The molecule has 0 radical (unpaired) electrons. The fraction of sp³-hybridized carbons (Fsp3) is 0.391. The molecule has 0 atom stereocenters. The molecule has 3 rings (SSSR count). The van der Waals surface area contributed by atoms with Crippen LogP contribution in [0.1, 0.15) is 58.8 Å². The lowest BCUT2D eigenvalue weighted by Crippen LogP contribution is -2.24. The van der Waals surface area contributed by atoms with Crippen molar-refractivity contribution in [1.29, 1.82) is 0 Å². The summed E-state index contributed by atoms with van der Waals surface area (Å²) in [5.41, 5.74) is 3.90. The number of hydrogen-bond donors (Lipinski definition) is 0. The highest BCUT2D eigenvalue weighted by Gasteiger charge is 2.25. The third-order valence-corrected chi connectivity index (χ3v) is 4.31. The summed E-state index contributed by atoms with van der Waals surface area (Å²) in [6.45, 7) is 14.9. The van der Waals surface area contributed by atoms with Gasteiger partial charge in [-0.05, 0) is 30.7 Å². The summed E-state index contributed by atoms with van der Waals surface area (Å²) in [5, 5.41) is 0. The number of benzene rings is 1. The van der Waals surface area contributed by atoms with Gasteiger partial charge in [-0.25, -0.2) is 15.0 Å². The molecule has 4 nitrogen and oxygen atoms in total. The first-order chi connectivity index (χ1) is 12.5. The van der Waals surface area contributed by atoms with Gasteiger partial charge >= 0.3 is 0 Å². The Balaban J connectivity index is 2.15. The highest BCUT2D eigenvalue weighted by Crippen LogP contribution is 2.28. The van der Waals surface area contributed by atoms with Crippen molar-refractivity contribution in [1.82, 2.24) is 19.9 Å². The molecular formula is C23H28N4. The second-order valence-electron chi connectivity index (χ2n) is 9.11. The van der Waals surface area contributed by atoms with E-state index in [-0.39, 0.29) is 10.8 Å². The average molecular weight is 361 g/mol. The minimum atomic E-state index is -0.145. The van der Waals surface area contributed by atoms with Gasteiger partial charge in [0.05, 0.1) is 5.69 Å². The maximum atomic E-state index is 4.80. The van der Waals surface area contributed by atoms with Gasteiger partial charge in [0.25, 0.3) is 0 Å². The Morgan fingerprint density at radius 2 is 1.30 bits per heavy atom. The summed E-state index contributed by atoms with van der Waals surface area (Å²) < 4.78 is 0. The van der Waals surface area contributed by atoms with Gasteiger partial charge in [-0.15, -0.1) is 0 Å². The SMILES string of the molecule is Cc1ccnc(-c2cccc(-c3nc(C(C)(C)C)nc(C(C)(C)C)n3)c2)c1. The maximum Gasteiger partial charge on any atom is 0.163 e. The van der Waals surface area contributed by atoms with Crippen LogP contribution >= 0.6 is 0 Å². The van der Waals surface area contributed by atoms with Crippen molar-refractivity contribution in [2.24, 2.45) is 0 Å². The summed E-state index contributed by atoms with van der Waals surface area (Å²) >= 11 is 0. The first-order valence-electron chi connectivity index (χ1n) is 9.34. The van der Waals surface area contributed by atoms with E-state index in [1.165, 1.54) is 5.56 Å². The second-order valence-corrected chi connectivity index (χ2v) is 9.11. The first-order valence-corrected chi connectivity index (χ1v) is 9.34. The number of rotatable bonds is 2. The molecule has 140 valence electrons.